The molecule has 0 bridgehead atoms. The fraction of sp³-hybridized carbons (Fsp3) is 0.178. The highest BCUT2D eigenvalue weighted by Gasteiger charge is 2.53. The van der Waals surface area contributed by atoms with Crippen LogP contribution in [-0.2, 0) is 17.4 Å². The van der Waals surface area contributed by atoms with Gasteiger partial charge in [0.1, 0.15) is 0 Å². The highest BCUT2D eigenvalue weighted by Crippen LogP contribution is 2.62. The number of rotatable bonds is 5. The number of benzene rings is 5. The molecular weight excluding hydrogens is 597 g/mol. The van der Waals surface area contributed by atoms with E-state index < -0.39 is 5.41 Å². The third-order valence-corrected chi connectivity index (χ3v) is 10.6. The third-order valence-electron chi connectivity index (χ3n) is 10.6. The SMILES string of the molecule is C=NC(=NC(=NCC1=CCCC=C1)c1ccccc1)c1cccc2c1-c1cc(CN)ccc1C21c2ccccc2C(C)(C)c2ccccc21. The molecule has 0 amide bonds. The molecule has 0 saturated heterocycles. The molecule has 1 spiro atoms. The molecule has 0 atom stereocenters. The van der Waals surface area contributed by atoms with Crippen LogP contribution in [0.3, 0.4) is 0 Å². The van der Waals surface area contributed by atoms with Gasteiger partial charge in [-0.3, -0.25) is 4.99 Å². The average Bonchev–Trinajstić information content (AvgIpc) is 3.45. The zero-order valence-corrected chi connectivity index (χ0v) is 28.2. The zero-order chi connectivity index (χ0) is 33.6. The molecule has 4 nitrogen and oxygen atoms in total. The lowest BCUT2D eigenvalue weighted by atomic mass is 9.55. The van der Waals surface area contributed by atoms with Gasteiger partial charge in [-0.1, -0.05) is 141 Å². The van der Waals surface area contributed by atoms with Gasteiger partial charge in [0.05, 0.1) is 12.0 Å². The van der Waals surface area contributed by atoms with Crippen LogP contribution in [0, 0.1) is 0 Å². The molecule has 5 aromatic carbocycles. The van der Waals surface area contributed by atoms with Gasteiger partial charge in [-0.15, -0.1) is 0 Å². The van der Waals surface area contributed by atoms with Gasteiger partial charge in [0.2, 0.25) is 0 Å². The van der Waals surface area contributed by atoms with Gasteiger partial charge in [-0.2, -0.15) is 0 Å². The van der Waals surface area contributed by atoms with Crippen LogP contribution >= 0.6 is 0 Å². The van der Waals surface area contributed by atoms with E-state index in [2.05, 4.69) is 141 Å². The van der Waals surface area contributed by atoms with E-state index in [1.165, 1.54) is 39.0 Å². The van der Waals surface area contributed by atoms with Crippen molar-refractivity contribution in [1.29, 1.82) is 0 Å². The lowest BCUT2D eigenvalue weighted by Gasteiger charge is -2.46. The Bertz CT molecular complexity index is 2180. The fourth-order valence-electron chi connectivity index (χ4n) is 8.33. The maximum absolute atomic E-state index is 6.29. The van der Waals surface area contributed by atoms with Gasteiger partial charge in [0.25, 0.3) is 0 Å². The van der Waals surface area contributed by atoms with Gasteiger partial charge in [-0.05, 0) is 81.3 Å². The Labute approximate surface area is 289 Å². The zero-order valence-electron chi connectivity index (χ0n) is 28.2. The normalized spacial score (nSPS) is 16.8. The molecule has 4 heteroatoms. The summed E-state index contributed by atoms with van der Waals surface area (Å²) in [7, 11) is 0. The highest BCUT2D eigenvalue weighted by molar-refractivity contribution is 6.16. The second-order valence-electron chi connectivity index (χ2n) is 13.6. The van der Waals surface area contributed by atoms with E-state index in [0.717, 1.165) is 40.7 Å². The molecule has 8 rings (SSSR count). The fourth-order valence-corrected chi connectivity index (χ4v) is 8.33. The monoisotopic (exact) mass is 636 g/mol. The minimum atomic E-state index is -0.529. The highest BCUT2D eigenvalue weighted by atomic mass is 15.0. The van der Waals surface area contributed by atoms with Crippen molar-refractivity contribution in [2.45, 2.75) is 44.1 Å². The van der Waals surface area contributed by atoms with E-state index in [1.54, 1.807) is 0 Å². The molecule has 0 aromatic heterocycles. The lowest BCUT2D eigenvalue weighted by Crippen LogP contribution is -2.40. The van der Waals surface area contributed by atoms with Crippen LogP contribution in [0.25, 0.3) is 11.1 Å². The molecule has 0 radical (unpaired) electrons. The van der Waals surface area contributed by atoms with Crippen LogP contribution in [0.1, 0.15) is 76.8 Å². The molecule has 3 aliphatic carbocycles. The molecule has 49 heavy (non-hydrogen) atoms. The quantitative estimate of drug-likeness (QED) is 0.149. The first-order valence-electron chi connectivity index (χ1n) is 17.2. The molecule has 0 fully saturated rings. The van der Waals surface area contributed by atoms with Crippen molar-refractivity contribution in [1.82, 2.24) is 0 Å². The number of hydrogen-bond donors (Lipinski definition) is 1. The van der Waals surface area contributed by atoms with Gasteiger partial charge in [0, 0.05) is 23.1 Å². The number of aliphatic imine (C=N–C) groups is 3. The van der Waals surface area contributed by atoms with Crippen LogP contribution in [0.4, 0.5) is 0 Å². The largest absolute Gasteiger partial charge is 0.326 e. The summed E-state index contributed by atoms with van der Waals surface area (Å²) in [5.41, 5.74) is 19.8. The molecule has 0 aliphatic heterocycles. The lowest BCUT2D eigenvalue weighted by molar-refractivity contribution is 0.563. The Hall–Kier alpha value is -5.45. The second-order valence-corrected chi connectivity index (χ2v) is 13.6. The van der Waals surface area contributed by atoms with Crippen molar-refractivity contribution in [3.05, 3.63) is 189 Å². The molecule has 0 unspecified atom stereocenters. The third kappa shape index (κ3) is 4.81. The molecule has 0 saturated carbocycles. The summed E-state index contributed by atoms with van der Waals surface area (Å²) in [4.78, 5) is 14.9. The van der Waals surface area contributed by atoms with Gasteiger partial charge in [0.15, 0.2) is 11.7 Å². The van der Waals surface area contributed by atoms with E-state index in [-0.39, 0.29) is 5.41 Å². The number of nitrogens with zero attached hydrogens (tertiary/aromatic N) is 3. The predicted molar refractivity (Wildman–Crippen MR) is 204 cm³/mol. The summed E-state index contributed by atoms with van der Waals surface area (Å²) in [6, 6.07) is 41.5. The molecule has 5 aromatic rings. The molecular formula is C45H40N4. The van der Waals surface area contributed by atoms with Crippen LogP contribution in [0.5, 0.6) is 0 Å². The maximum atomic E-state index is 6.29. The van der Waals surface area contributed by atoms with Crippen molar-refractivity contribution in [3.8, 4) is 11.1 Å². The van der Waals surface area contributed by atoms with E-state index in [0.29, 0.717) is 24.8 Å². The Morgan fingerprint density at radius 1 is 0.714 bits per heavy atom. The summed E-state index contributed by atoms with van der Waals surface area (Å²) in [6.45, 7) is 9.76. The van der Waals surface area contributed by atoms with Crippen LogP contribution in [-0.4, -0.2) is 24.9 Å². The Morgan fingerprint density at radius 3 is 2.04 bits per heavy atom. The Morgan fingerprint density at radius 2 is 1.39 bits per heavy atom. The molecule has 2 N–H and O–H groups in total. The van der Waals surface area contributed by atoms with Crippen LogP contribution in [0.2, 0.25) is 0 Å². The first-order chi connectivity index (χ1) is 24.0. The van der Waals surface area contributed by atoms with E-state index in [9.17, 15) is 0 Å². The molecule has 240 valence electrons. The Kier molecular flexibility index (Phi) is 7.69. The smallest absolute Gasteiger partial charge is 0.161 e. The minimum Gasteiger partial charge on any atom is -0.326 e. The maximum Gasteiger partial charge on any atom is 0.161 e. The Balaban J connectivity index is 1.41. The summed E-state index contributed by atoms with van der Waals surface area (Å²) < 4.78 is 0. The van der Waals surface area contributed by atoms with Gasteiger partial charge < -0.3 is 5.73 Å². The van der Waals surface area contributed by atoms with Crippen molar-refractivity contribution in [2.75, 3.05) is 6.54 Å². The minimum absolute atomic E-state index is 0.171. The number of hydrogen-bond acceptors (Lipinski definition) is 2. The van der Waals surface area contributed by atoms with E-state index in [4.69, 9.17) is 15.7 Å². The summed E-state index contributed by atoms with van der Waals surface area (Å²) in [5.74, 6) is 1.19. The first-order valence-corrected chi connectivity index (χ1v) is 17.2. The standard InChI is InChI=1S/C45H40N4/c1-44(2)36-20-10-12-22-38(36)45(39-23-13-11-21-37(39)44)35-26-25-31(28-46)27-34(35)41-33(19-14-24-40(41)45)43(47-3)49-42(32-17-8-5-9-18-32)48-29-30-15-6-4-7-16-30/h5-6,8-27H,3-4,7,28-29,46H2,1-2H3. The second kappa shape index (κ2) is 12.2. The number of allylic oxidation sites excluding steroid dienone is 2. The van der Waals surface area contributed by atoms with Crippen molar-refractivity contribution >= 4 is 18.4 Å². The van der Waals surface area contributed by atoms with Gasteiger partial charge >= 0.3 is 0 Å². The summed E-state index contributed by atoms with van der Waals surface area (Å²) >= 11 is 0. The number of nitrogens with two attached hydrogens (primary N) is 1. The van der Waals surface area contributed by atoms with Crippen LogP contribution < -0.4 is 5.73 Å². The summed E-state index contributed by atoms with van der Waals surface area (Å²) in [5, 5.41) is 0. The number of fused-ring (bicyclic) bond motifs is 9. The van der Waals surface area contributed by atoms with Gasteiger partial charge in [-0.25, -0.2) is 9.98 Å². The molecule has 3 aliphatic rings. The average molecular weight is 637 g/mol. The topological polar surface area (TPSA) is 63.1 Å². The summed E-state index contributed by atoms with van der Waals surface area (Å²) in [6.07, 6.45) is 8.76. The number of amidine groups is 2. The van der Waals surface area contributed by atoms with E-state index >= 15 is 0 Å². The van der Waals surface area contributed by atoms with Crippen molar-refractivity contribution in [3.63, 3.8) is 0 Å². The van der Waals surface area contributed by atoms with Crippen molar-refractivity contribution in [2.24, 2.45) is 20.7 Å². The molecule has 0 heterocycles. The first kappa shape index (κ1) is 30.9. The van der Waals surface area contributed by atoms with E-state index in [1.807, 2.05) is 18.2 Å². The van der Waals surface area contributed by atoms with Crippen LogP contribution in [0.15, 0.2) is 154 Å². The van der Waals surface area contributed by atoms with Crippen molar-refractivity contribution < 1.29 is 0 Å². The predicted octanol–water partition coefficient (Wildman–Crippen LogP) is 9.32.